The van der Waals surface area contributed by atoms with E-state index < -0.39 is 34.9 Å². The molecule has 9 heteroatoms. The van der Waals surface area contributed by atoms with E-state index in [4.69, 9.17) is 16.3 Å². The van der Waals surface area contributed by atoms with E-state index in [0.717, 1.165) is 22.5 Å². The molecule has 0 saturated heterocycles. The van der Waals surface area contributed by atoms with Crippen molar-refractivity contribution >= 4 is 44.7 Å². The molecule has 0 fully saturated rings. The summed E-state index contributed by atoms with van der Waals surface area (Å²) in [4.78, 5) is 23.9. The summed E-state index contributed by atoms with van der Waals surface area (Å²) in [5.41, 5.74) is 1.79. The van der Waals surface area contributed by atoms with Crippen LogP contribution >= 0.6 is 22.9 Å². The monoisotopic (exact) mass is 401 g/mol. The van der Waals surface area contributed by atoms with Crippen LogP contribution in [0.2, 0.25) is 4.34 Å². The highest BCUT2D eigenvalue weighted by atomic mass is 35.5. The molecule has 0 bridgehead atoms. The number of esters is 1. The van der Waals surface area contributed by atoms with Crippen LogP contribution in [0.4, 0.5) is 0 Å². The number of sulfonamides is 1. The summed E-state index contributed by atoms with van der Waals surface area (Å²) in [7, 11) is -3.83. The van der Waals surface area contributed by atoms with E-state index >= 15 is 0 Å². The zero-order chi connectivity index (χ0) is 18.6. The Balaban J connectivity index is 1.88. The first kappa shape index (κ1) is 19.6. The average molecular weight is 402 g/mol. The van der Waals surface area contributed by atoms with Gasteiger partial charge in [-0.3, -0.25) is 9.59 Å². The lowest BCUT2D eigenvalue weighted by atomic mass is 10.1. The topological polar surface area (TPSA) is 89.5 Å². The number of hydrogen-bond acceptors (Lipinski definition) is 6. The first-order chi connectivity index (χ1) is 11.7. The molecule has 0 aliphatic rings. The maximum atomic E-state index is 12.2. The molecule has 0 radical (unpaired) electrons. The smallest absolute Gasteiger partial charge is 0.321 e. The van der Waals surface area contributed by atoms with Crippen LogP contribution in [-0.4, -0.2) is 33.3 Å². The quantitative estimate of drug-likeness (QED) is 0.569. The standard InChI is InChI=1S/C16H16ClNO5S2/c1-10-3-4-12(7-11(10)2)25(21,22)18-8-16(20)23-9-13(19)14-5-6-15(17)24-14/h3-7,18H,8-9H2,1-2H3. The van der Waals surface area contributed by atoms with E-state index in [-0.39, 0.29) is 4.90 Å². The second-order valence-corrected chi connectivity index (χ2v) is 8.74. The molecule has 1 aromatic heterocycles. The van der Waals surface area contributed by atoms with Crippen molar-refractivity contribution in [2.45, 2.75) is 18.7 Å². The summed E-state index contributed by atoms with van der Waals surface area (Å²) in [6.45, 7) is 2.63. The van der Waals surface area contributed by atoms with E-state index in [1.54, 1.807) is 19.1 Å². The van der Waals surface area contributed by atoms with Crippen molar-refractivity contribution in [1.29, 1.82) is 0 Å². The Kier molecular flexibility index (Phi) is 6.34. The Morgan fingerprint density at radius 2 is 1.88 bits per heavy atom. The van der Waals surface area contributed by atoms with Crippen LogP contribution in [0, 0.1) is 13.8 Å². The highest BCUT2D eigenvalue weighted by Crippen LogP contribution is 2.21. The highest BCUT2D eigenvalue weighted by Gasteiger charge is 2.18. The number of ketones is 1. The van der Waals surface area contributed by atoms with Gasteiger partial charge in [0, 0.05) is 0 Å². The van der Waals surface area contributed by atoms with Crippen molar-refractivity contribution in [3.8, 4) is 0 Å². The third-order valence-electron chi connectivity index (χ3n) is 3.41. The summed E-state index contributed by atoms with van der Waals surface area (Å²) in [5.74, 6) is -1.24. The minimum absolute atomic E-state index is 0.0627. The number of ether oxygens (including phenoxy) is 1. The van der Waals surface area contributed by atoms with Gasteiger partial charge in [0.1, 0.15) is 6.54 Å². The summed E-state index contributed by atoms with van der Waals surface area (Å²) in [6, 6.07) is 7.77. The van der Waals surface area contributed by atoms with Crippen LogP contribution in [0.3, 0.4) is 0 Å². The van der Waals surface area contributed by atoms with E-state index in [1.807, 2.05) is 6.92 Å². The molecule has 2 rings (SSSR count). The second-order valence-electron chi connectivity index (χ2n) is 5.26. The number of carbonyl (C=O) groups is 2. The van der Waals surface area contributed by atoms with Crippen LogP contribution in [0.25, 0.3) is 0 Å². The Morgan fingerprint density at radius 1 is 1.16 bits per heavy atom. The molecule has 0 saturated carbocycles. The number of Topliss-reactive ketones (excluding diaryl/α,β-unsaturated/α-hetero) is 1. The van der Waals surface area contributed by atoms with Crippen LogP contribution in [0.5, 0.6) is 0 Å². The molecule has 25 heavy (non-hydrogen) atoms. The van der Waals surface area contributed by atoms with Gasteiger partial charge in [-0.1, -0.05) is 17.7 Å². The molecule has 6 nitrogen and oxygen atoms in total. The number of halogens is 1. The van der Waals surface area contributed by atoms with E-state index in [0.29, 0.717) is 9.21 Å². The summed E-state index contributed by atoms with van der Waals surface area (Å²) >= 11 is 6.81. The molecule has 0 aliphatic heterocycles. The van der Waals surface area contributed by atoms with Crippen molar-refractivity contribution < 1.29 is 22.7 Å². The van der Waals surface area contributed by atoms with Crippen LogP contribution in [0.15, 0.2) is 35.2 Å². The number of hydrogen-bond donors (Lipinski definition) is 1. The van der Waals surface area contributed by atoms with Crippen molar-refractivity contribution in [2.24, 2.45) is 0 Å². The Hall–Kier alpha value is -1.74. The lowest BCUT2D eigenvalue weighted by Crippen LogP contribution is -2.31. The zero-order valence-corrected chi connectivity index (χ0v) is 15.9. The first-order valence-corrected chi connectivity index (χ1v) is 9.88. The first-order valence-electron chi connectivity index (χ1n) is 7.20. The van der Waals surface area contributed by atoms with Gasteiger partial charge in [0.2, 0.25) is 15.8 Å². The fraction of sp³-hybridized carbons (Fsp3) is 0.250. The predicted molar refractivity (Wildman–Crippen MR) is 95.7 cm³/mol. The molecule has 134 valence electrons. The van der Waals surface area contributed by atoms with Gasteiger partial charge in [-0.2, -0.15) is 4.72 Å². The number of aryl methyl sites for hydroxylation is 2. The molecule has 0 amide bonds. The van der Waals surface area contributed by atoms with Gasteiger partial charge in [0.05, 0.1) is 14.1 Å². The minimum atomic E-state index is -3.83. The molecule has 0 unspecified atom stereocenters. The molecular weight excluding hydrogens is 386 g/mol. The van der Waals surface area contributed by atoms with Gasteiger partial charge in [-0.25, -0.2) is 8.42 Å². The van der Waals surface area contributed by atoms with Gasteiger partial charge in [0.15, 0.2) is 6.61 Å². The van der Waals surface area contributed by atoms with Crippen molar-refractivity contribution in [2.75, 3.05) is 13.2 Å². The van der Waals surface area contributed by atoms with Crippen molar-refractivity contribution in [3.05, 3.63) is 50.7 Å². The van der Waals surface area contributed by atoms with E-state index in [9.17, 15) is 18.0 Å². The van der Waals surface area contributed by atoms with Crippen molar-refractivity contribution in [1.82, 2.24) is 4.72 Å². The Bertz CT molecular complexity index is 905. The molecule has 2 aromatic rings. The largest absolute Gasteiger partial charge is 0.456 e. The summed E-state index contributed by atoms with van der Waals surface area (Å²) in [6.07, 6.45) is 0. The molecule has 1 N–H and O–H groups in total. The minimum Gasteiger partial charge on any atom is -0.456 e. The number of carbonyl (C=O) groups excluding carboxylic acids is 2. The number of nitrogens with one attached hydrogen (secondary N) is 1. The highest BCUT2D eigenvalue weighted by molar-refractivity contribution is 7.89. The fourth-order valence-corrected chi connectivity index (χ4v) is 3.87. The number of benzene rings is 1. The van der Waals surface area contributed by atoms with E-state index in [1.165, 1.54) is 18.2 Å². The van der Waals surface area contributed by atoms with Crippen LogP contribution < -0.4 is 4.72 Å². The lowest BCUT2D eigenvalue weighted by Gasteiger charge is -2.08. The van der Waals surface area contributed by atoms with Crippen molar-refractivity contribution in [3.63, 3.8) is 0 Å². The molecule has 0 spiro atoms. The maximum absolute atomic E-state index is 12.2. The molecule has 0 atom stereocenters. The lowest BCUT2D eigenvalue weighted by molar-refractivity contribution is -0.141. The third kappa shape index (κ3) is 5.37. The molecule has 1 aromatic carbocycles. The SMILES string of the molecule is Cc1ccc(S(=O)(=O)NCC(=O)OCC(=O)c2ccc(Cl)s2)cc1C. The predicted octanol–water partition coefficient (Wildman–Crippen LogP) is 2.72. The summed E-state index contributed by atoms with van der Waals surface area (Å²) in [5, 5.41) is 0. The average Bonchev–Trinajstić information content (AvgIpc) is 2.99. The molecule has 1 heterocycles. The van der Waals surface area contributed by atoms with Gasteiger partial charge in [-0.15, -0.1) is 11.3 Å². The Morgan fingerprint density at radius 3 is 2.48 bits per heavy atom. The molecule has 0 aliphatic carbocycles. The zero-order valence-electron chi connectivity index (χ0n) is 13.5. The van der Waals surface area contributed by atoms with Gasteiger partial charge in [0.25, 0.3) is 0 Å². The Labute approximate surface area is 154 Å². The molecular formula is C16H16ClNO5S2. The third-order valence-corrected chi connectivity index (χ3v) is 6.08. The van der Waals surface area contributed by atoms with Gasteiger partial charge in [-0.05, 0) is 49.2 Å². The van der Waals surface area contributed by atoms with Gasteiger partial charge < -0.3 is 4.74 Å². The number of thiophene rings is 1. The van der Waals surface area contributed by atoms with Crippen LogP contribution in [-0.2, 0) is 19.6 Å². The van der Waals surface area contributed by atoms with Crippen LogP contribution in [0.1, 0.15) is 20.8 Å². The summed E-state index contributed by atoms with van der Waals surface area (Å²) < 4.78 is 31.7. The normalized spacial score (nSPS) is 11.3. The van der Waals surface area contributed by atoms with Gasteiger partial charge >= 0.3 is 5.97 Å². The fourth-order valence-electron chi connectivity index (χ4n) is 1.85. The number of rotatable bonds is 7. The van der Waals surface area contributed by atoms with E-state index in [2.05, 4.69) is 4.72 Å². The maximum Gasteiger partial charge on any atom is 0.321 e. The second kappa shape index (κ2) is 8.09.